The summed E-state index contributed by atoms with van der Waals surface area (Å²) in [6, 6.07) is 11.9. The summed E-state index contributed by atoms with van der Waals surface area (Å²) in [6.45, 7) is 1.06. The SMILES string of the molecule is COc1ccncc1-c1cc2c(c(Nc3ccc(CCCN(C)C)cc3)n1)C(=O)[N]C=C2. The molecule has 3 aromatic rings. The topological polar surface area (TPSA) is 81.4 Å². The Balaban J connectivity index is 1.66. The molecule has 1 amide bonds. The minimum Gasteiger partial charge on any atom is -0.496 e. The number of ether oxygens (including phenoxy) is 1. The molecule has 0 spiro atoms. The zero-order valence-electron chi connectivity index (χ0n) is 18.5. The smallest absolute Gasteiger partial charge is 0.281 e. The van der Waals surface area contributed by atoms with E-state index in [-0.39, 0.29) is 5.91 Å². The summed E-state index contributed by atoms with van der Waals surface area (Å²) >= 11 is 0. The van der Waals surface area contributed by atoms with Gasteiger partial charge < -0.3 is 15.0 Å². The molecule has 1 N–H and O–H groups in total. The number of anilines is 2. The lowest BCUT2D eigenvalue weighted by Crippen LogP contribution is -2.18. The highest BCUT2D eigenvalue weighted by Gasteiger charge is 2.23. The number of aromatic nitrogens is 2. The van der Waals surface area contributed by atoms with Gasteiger partial charge in [0.15, 0.2) is 0 Å². The maximum Gasteiger partial charge on any atom is 0.281 e. The van der Waals surface area contributed by atoms with Gasteiger partial charge in [0.2, 0.25) is 0 Å². The van der Waals surface area contributed by atoms with E-state index < -0.39 is 0 Å². The second kappa shape index (κ2) is 9.62. The Kier molecular flexibility index (Phi) is 6.47. The van der Waals surface area contributed by atoms with Crippen molar-refractivity contribution in [2.45, 2.75) is 12.8 Å². The normalized spacial score (nSPS) is 12.4. The first-order chi connectivity index (χ1) is 15.5. The van der Waals surface area contributed by atoms with Crippen molar-refractivity contribution in [2.75, 3.05) is 33.1 Å². The van der Waals surface area contributed by atoms with E-state index in [9.17, 15) is 4.79 Å². The quantitative estimate of drug-likeness (QED) is 0.581. The highest BCUT2D eigenvalue weighted by atomic mass is 16.5. The first kappa shape index (κ1) is 21.5. The number of carbonyl (C=O) groups is 1. The number of fused-ring (bicyclic) bond motifs is 1. The Hall–Kier alpha value is -3.71. The molecule has 1 aromatic carbocycles. The molecule has 0 aliphatic carbocycles. The lowest BCUT2D eigenvalue weighted by molar-refractivity contribution is 0.0965. The summed E-state index contributed by atoms with van der Waals surface area (Å²) in [5, 5.41) is 7.25. The zero-order valence-corrected chi connectivity index (χ0v) is 18.5. The molecule has 1 aliphatic heterocycles. The fourth-order valence-electron chi connectivity index (χ4n) is 3.64. The van der Waals surface area contributed by atoms with Gasteiger partial charge in [-0.3, -0.25) is 9.78 Å². The molecule has 0 unspecified atom stereocenters. The summed E-state index contributed by atoms with van der Waals surface area (Å²) in [4.78, 5) is 23.7. The number of methoxy groups -OCH3 is 1. The predicted octanol–water partition coefficient (Wildman–Crippen LogP) is 4.12. The number of rotatable bonds is 8. The molecule has 32 heavy (non-hydrogen) atoms. The number of nitrogens with one attached hydrogen (secondary N) is 1. The van der Waals surface area contributed by atoms with Crippen molar-refractivity contribution in [3.8, 4) is 17.0 Å². The van der Waals surface area contributed by atoms with E-state index in [0.29, 0.717) is 22.8 Å². The van der Waals surface area contributed by atoms with Crippen molar-refractivity contribution in [2.24, 2.45) is 0 Å². The molecule has 0 fully saturated rings. The molecule has 7 nitrogen and oxygen atoms in total. The first-order valence-electron chi connectivity index (χ1n) is 10.5. The molecule has 2 aromatic heterocycles. The van der Waals surface area contributed by atoms with Crippen LogP contribution in [-0.4, -0.2) is 48.5 Å². The van der Waals surface area contributed by atoms with Crippen LogP contribution >= 0.6 is 0 Å². The molecule has 4 rings (SSSR count). The largest absolute Gasteiger partial charge is 0.496 e. The lowest BCUT2D eigenvalue weighted by atomic mass is 10.0. The fraction of sp³-hybridized carbons (Fsp3) is 0.240. The summed E-state index contributed by atoms with van der Waals surface area (Å²) < 4.78 is 5.48. The molecule has 0 bridgehead atoms. The van der Waals surface area contributed by atoms with Crippen LogP contribution in [0.2, 0.25) is 0 Å². The van der Waals surface area contributed by atoms with Gasteiger partial charge in [0, 0.05) is 24.3 Å². The third-order valence-corrected chi connectivity index (χ3v) is 5.27. The van der Waals surface area contributed by atoms with Crippen molar-refractivity contribution in [1.82, 2.24) is 20.2 Å². The Morgan fingerprint density at radius 1 is 1.12 bits per heavy atom. The van der Waals surface area contributed by atoms with Crippen LogP contribution in [0, 0.1) is 0 Å². The molecule has 0 saturated carbocycles. The van der Waals surface area contributed by atoms with Gasteiger partial charge in [-0.1, -0.05) is 12.1 Å². The summed E-state index contributed by atoms with van der Waals surface area (Å²) in [6.07, 6.45) is 8.82. The van der Waals surface area contributed by atoms with E-state index >= 15 is 0 Å². The van der Waals surface area contributed by atoms with E-state index in [0.717, 1.165) is 36.2 Å². The number of hydrogen-bond acceptors (Lipinski definition) is 6. The van der Waals surface area contributed by atoms with Crippen LogP contribution in [0.3, 0.4) is 0 Å². The van der Waals surface area contributed by atoms with Crippen LogP contribution in [0.25, 0.3) is 17.3 Å². The van der Waals surface area contributed by atoms with Gasteiger partial charge in [0.05, 0.1) is 23.9 Å². The van der Waals surface area contributed by atoms with Crippen LogP contribution in [0.1, 0.15) is 27.9 Å². The molecule has 0 saturated heterocycles. The van der Waals surface area contributed by atoms with Crippen molar-refractivity contribution >= 4 is 23.5 Å². The van der Waals surface area contributed by atoms with Gasteiger partial charge in [-0.2, -0.15) is 0 Å². The minimum atomic E-state index is -0.317. The number of benzene rings is 1. The first-order valence-corrected chi connectivity index (χ1v) is 10.5. The highest BCUT2D eigenvalue weighted by Crippen LogP contribution is 2.33. The maximum absolute atomic E-state index is 12.6. The Morgan fingerprint density at radius 3 is 2.69 bits per heavy atom. The van der Waals surface area contributed by atoms with Gasteiger partial charge in [-0.15, -0.1) is 0 Å². The third kappa shape index (κ3) is 4.78. The summed E-state index contributed by atoms with van der Waals surface area (Å²) in [5.74, 6) is 0.806. The van der Waals surface area contributed by atoms with Crippen LogP contribution in [0.15, 0.2) is 55.0 Å². The van der Waals surface area contributed by atoms with Gasteiger partial charge in [-0.25, -0.2) is 10.3 Å². The Labute approximate surface area is 188 Å². The molecular weight excluding hydrogens is 402 g/mol. The third-order valence-electron chi connectivity index (χ3n) is 5.27. The van der Waals surface area contributed by atoms with Gasteiger partial charge in [-0.05, 0) is 75.0 Å². The number of pyridine rings is 2. The average Bonchev–Trinajstić information content (AvgIpc) is 2.80. The van der Waals surface area contributed by atoms with Crippen molar-refractivity contribution < 1.29 is 9.53 Å². The number of carbonyl (C=O) groups excluding carboxylic acids is 1. The van der Waals surface area contributed by atoms with Gasteiger partial charge >= 0.3 is 0 Å². The van der Waals surface area contributed by atoms with Crippen molar-refractivity contribution in [3.63, 3.8) is 0 Å². The van der Waals surface area contributed by atoms with Gasteiger partial charge in [0.1, 0.15) is 11.6 Å². The van der Waals surface area contributed by atoms with E-state index in [4.69, 9.17) is 9.72 Å². The highest BCUT2D eigenvalue weighted by molar-refractivity contribution is 6.05. The second-order valence-electron chi connectivity index (χ2n) is 7.88. The van der Waals surface area contributed by atoms with Crippen LogP contribution in [-0.2, 0) is 6.42 Å². The number of amides is 1. The minimum absolute atomic E-state index is 0.317. The Bertz CT molecular complexity index is 1140. The van der Waals surface area contributed by atoms with E-state index in [2.05, 4.69) is 46.7 Å². The number of hydrogen-bond donors (Lipinski definition) is 1. The molecule has 1 aliphatic rings. The van der Waals surface area contributed by atoms with Crippen LogP contribution in [0.5, 0.6) is 5.75 Å². The molecule has 0 atom stereocenters. The monoisotopic (exact) mass is 428 g/mol. The average molecular weight is 429 g/mol. The summed E-state index contributed by atoms with van der Waals surface area (Å²) in [7, 11) is 5.77. The molecule has 1 radical (unpaired) electrons. The summed E-state index contributed by atoms with van der Waals surface area (Å²) in [5.41, 5.74) is 4.75. The Morgan fingerprint density at radius 2 is 1.94 bits per heavy atom. The lowest BCUT2D eigenvalue weighted by Gasteiger charge is -2.17. The number of nitrogens with zero attached hydrogens (tertiary/aromatic N) is 4. The number of aryl methyl sites for hydroxylation is 1. The van der Waals surface area contributed by atoms with E-state index in [1.165, 1.54) is 11.8 Å². The van der Waals surface area contributed by atoms with Crippen LogP contribution in [0.4, 0.5) is 11.5 Å². The van der Waals surface area contributed by atoms with Crippen molar-refractivity contribution in [1.29, 1.82) is 0 Å². The molecule has 7 heteroatoms. The maximum atomic E-state index is 12.6. The van der Waals surface area contributed by atoms with E-state index in [1.54, 1.807) is 25.6 Å². The van der Waals surface area contributed by atoms with Crippen molar-refractivity contribution in [3.05, 3.63) is 71.7 Å². The van der Waals surface area contributed by atoms with Gasteiger partial charge in [0.25, 0.3) is 5.91 Å². The predicted molar refractivity (Wildman–Crippen MR) is 126 cm³/mol. The second-order valence-corrected chi connectivity index (χ2v) is 7.88. The molecular formula is C25H26N5O2. The van der Waals surface area contributed by atoms with Crippen LogP contribution < -0.4 is 15.4 Å². The molecule has 163 valence electrons. The molecule has 3 heterocycles. The van der Waals surface area contributed by atoms with E-state index in [1.807, 2.05) is 24.3 Å². The zero-order chi connectivity index (χ0) is 22.5. The fourth-order valence-corrected chi connectivity index (χ4v) is 3.64. The standard InChI is InChI=1S/C25H26N5O2/c1-30(2)14-4-5-17-6-8-19(9-7-17)28-24-23-18(10-13-27-25(23)31)15-21(29-24)20-16-26-12-11-22(20)32-3/h6-13,15-16H,4-5,14H2,1-3H3,(H,28,29).